The van der Waals surface area contributed by atoms with Gasteiger partial charge in [-0.15, -0.1) is 5.10 Å². The molecule has 1 aromatic heterocycles. The van der Waals surface area contributed by atoms with Gasteiger partial charge >= 0.3 is 0 Å². The zero-order valence-corrected chi connectivity index (χ0v) is 13.2. The lowest BCUT2D eigenvalue weighted by molar-refractivity contribution is -0.137. The second-order valence-electron chi connectivity index (χ2n) is 5.39. The zero-order chi connectivity index (χ0) is 17.3. The van der Waals surface area contributed by atoms with Crippen molar-refractivity contribution in [1.29, 1.82) is 0 Å². The molecule has 2 amide bonds. The number of nitrogens with zero attached hydrogens (tertiary/aromatic N) is 5. The summed E-state index contributed by atoms with van der Waals surface area (Å²) < 4.78 is 1.51. The minimum Gasteiger partial charge on any atom is -0.395 e. The van der Waals surface area contributed by atoms with E-state index in [0.717, 1.165) is 21.7 Å². The fourth-order valence-electron chi connectivity index (χ4n) is 2.44. The van der Waals surface area contributed by atoms with Crippen molar-refractivity contribution in [2.45, 2.75) is 13.8 Å². The molecule has 0 unspecified atom stereocenters. The first kappa shape index (κ1) is 15.8. The Morgan fingerprint density at radius 1 is 1.25 bits per heavy atom. The normalized spacial score (nSPS) is 14.3. The third-order valence-electron chi connectivity index (χ3n) is 3.87. The van der Waals surface area contributed by atoms with Gasteiger partial charge in [-0.25, -0.2) is 4.68 Å². The van der Waals surface area contributed by atoms with Crippen LogP contribution in [-0.2, 0) is 9.59 Å². The van der Waals surface area contributed by atoms with Crippen molar-refractivity contribution < 1.29 is 14.7 Å². The van der Waals surface area contributed by atoms with E-state index in [1.807, 2.05) is 19.9 Å². The van der Waals surface area contributed by atoms with Crippen LogP contribution in [0.3, 0.4) is 0 Å². The number of anilines is 1. The van der Waals surface area contributed by atoms with Gasteiger partial charge in [0.2, 0.25) is 0 Å². The van der Waals surface area contributed by atoms with Gasteiger partial charge in [0.25, 0.3) is 11.8 Å². The van der Waals surface area contributed by atoms with Crippen LogP contribution < -0.4 is 5.32 Å². The van der Waals surface area contributed by atoms with Crippen molar-refractivity contribution in [3.8, 4) is 5.69 Å². The van der Waals surface area contributed by atoms with Gasteiger partial charge in [-0.05, 0) is 47.5 Å². The van der Waals surface area contributed by atoms with E-state index >= 15 is 0 Å². The number of benzene rings is 1. The summed E-state index contributed by atoms with van der Waals surface area (Å²) in [5, 5.41) is 23.0. The third-order valence-corrected chi connectivity index (χ3v) is 3.87. The van der Waals surface area contributed by atoms with Crippen LogP contribution in [-0.4, -0.2) is 55.2 Å². The number of aryl methyl sites for hydroxylation is 1. The number of aliphatic hydroxyl groups is 1. The van der Waals surface area contributed by atoms with Crippen LogP contribution >= 0.6 is 0 Å². The third kappa shape index (κ3) is 2.76. The Kier molecular flexibility index (Phi) is 4.09. The Labute approximate surface area is 137 Å². The first-order chi connectivity index (χ1) is 11.5. The molecule has 3 rings (SSSR count). The van der Waals surface area contributed by atoms with E-state index in [4.69, 9.17) is 5.11 Å². The summed E-state index contributed by atoms with van der Waals surface area (Å²) in [5.74, 6) is -0.901. The van der Waals surface area contributed by atoms with Crippen molar-refractivity contribution in [3.05, 3.63) is 41.4 Å². The SMILES string of the molecule is Cc1cc(-n2cnnn2)cc(NC2=CC(=O)N(CCO)C2=O)c1C. The van der Waals surface area contributed by atoms with Crippen molar-refractivity contribution in [2.75, 3.05) is 18.5 Å². The standard InChI is InChI=1S/C15H16N6O3/c1-9-5-11(21-8-16-18-19-21)6-12(10(9)2)17-13-7-14(23)20(3-4-22)15(13)24/h5-8,17,22H,3-4H2,1-2H3. The first-order valence-corrected chi connectivity index (χ1v) is 7.31. The highest BCUT2D eigenvalue weighted by atomic mass is 16.3. The fraction of sp³-hybridized carbons (Fsp3) is 0.267. The largest absolute Gasteiger partial charge is 0.395 e. The summed E-state index contributed by atoms with van der Waals surface area (Å²) in [6.45, 7) is 3.55. The van der Waals surface area contributed by atoms with Crippen molar-refractivity contribution in [3.63, 3.8) is 0 Å². The number of tetrazole rings is 1. The van der Waals surface area contributed by atoms with Crippen molar-refractivity contribution in [2.24, 2.45) is 0 Å². The molecule has 0 aliphatic carbocycles. The summed E-state index contributed by atoms with van der Waals surface area (Å²) >= 11 is 0. The van der Waals surface area contributed by atoms with E-state index in [1.54, 1.807) is 6.07 Å². The lowest BCUT2D eigenvalue weighted by atomic mass is 10.1. The van der Waals surface area contributed by atoms with Gasteiger partial charge in [0.1, 0.15) is 12.0 Å². The molecule has 9 nitrogen and oxygen atoms in total. The van der Waals surface area contributed by atoms with Crippen molar-refractivity contribution in [1.82, 2.24) is 25.1 Å². The number of aromatic nitrogens is 4. The maximum absolute atomic E-state index is 12.2. The predicted molar refractivity (Wildman–Crippen MR) is 84.1 cm³/mol. The molecule has 2 N–H and O–H groups in total. The Morgan fingerprint density at radius 2 is 2.04 bits per heavy atom. The highest BCUT2D eigenvalue weighted by Crippen LogP contribution is 2.26. The molecule has 0 spiro atoms. The van der Waals surface area contributed by atoms with Gasteiger partial charge in [0.15, 0.2) is 0 Å². The summed E-state index contributed by atoms with van der Waals surface area (Å²) in [6.07, 6.45) is 2.71. The number of rotatable bonds is 5. The molecule has 0 radical (unpaired) electrons. The van der Waals surface area contributed by atoms with Gasteiger partial charge in [-0.3, -0.25) is 14.5 Å². The maximum atomic E-state index is 12.2. The van der Waals surface area contributed by atoms with E-state index in [9.17, 15) is 9.59 Å². The van der Waals surface area contributed by atoms with Crippen LogP contribution in [0.4, 0.5) is 5.69 Å². The summed E-state index contributed by atoms with van der Waals surface area (Å²) in [5.41, 5.74) is 3.50. The highest BCUT2D eigenvalue weighted by Gasteiger charge is 2.30. The number of imide groups is 1. The number of β-amino-alcohol motifs (C(OH)–C–C–N with tert-alkyl or cyclic N) is 1. The Morgan fingerprint density at radius 3 is 2.71 bits per heavy atom. The maximum Gasteiger partial charge on any atom is 0.277 e. The van der Waals surface area contributed by atoms with Gasteiger partial charge in [0.05, 0.1) is 18.8 Å². The van der Waals surface area contributed by atoms with E-state index in [1.165, 1.54) is 17.1 Å². The van der Waals surface area contributed by atoms with E-state index in [0.29, 0.717) is 5.69 Å². The summed E-state index contributed by atoms with van der Waals surface area (Å²) in [4.78, 5) is 25.1. The number of amides is 2. The topological polar surface area (TPSA) is 113 Å². The smallest absolute Gasteiger partial charge is 0.277 e. The van der Waals surface area contributed by atoms with E-state index in [2.05, 4.69) is 20.8 Å². The van der Waals surface area contributed by atoms with E-state index < -0.39 is 11.8 Å². The average Bonchev–Trinajstić information content (AvgIpc) is 3.17. The van der Waals surface area contributed by atoms with Crippen LogP contribution in [0.15, 0.2) is 30.2 Å². The number of carbonyl (C=O) groups excluding carboxylic acids is 2. The molecule has 0 fully saturated rings. The molecule has 1 aliphatic heterocycles. The molecule has 124 valence electrons. The molecule has 9 heteroatoms. The second-order valence-corrected chi connectivity index (χ2v) is 5.39. The van der Waals surface area contributed by atoms with E-state index in [-0.39, 0.29) is 18.8 Å². The number of nitrogens with one attached hydrogen (secondary N) is 1. The lowest BCUT2D eigenvalue weighted by Gasteiger charge is -2.16. The minimum atomic E-state index is -0.459. The number of hydrogen-bond acceptors (Lipinski definition) is 7. The number of carbonyl (C=O) groups is 2. The molecule has 2 aromatic rings. The quantitative estimate of drug-likeness (QED) is 0.739. The van der Waals surface area contributed by atoms with Gasteiger partial charge < -0.3 is 10.4 Å². The highest BCUT2D eigenvalue weighted by molar-refractivity contribution is 6.17. The summed E-state index contributed by atoms with van der Waals surface area (Å²) in [7, 11) is 0. The van der Waals surface area contributed by atoms with Gasteiger partial charge in [-0.2, -0.15) is 0 Å². The molecule has 1 aliphatic rings. The molecule has 0 atom stereocenters. The van der Waals surface area contributed by atoms with Gasteiger partial charge in [-0.1, -0.05) is 0 Å². The zero-order valence-electron chi connectivity index (χ0n) is 13.2. The molecule has 24 heavy (non-hydrogen) atoms. The average molecular weight is 328 g/mol. The molecular formula is C15H16N6O3. The van der Waals surface area contributed by atoms with Crippen LogP contribution in [0.2, 0.25) is 0 Å². The fourth-order valence-corrected chi connectivity index (χ4v) is 2.44. The Bertz CT molecular complexity index is 828. The molecule has 1 aromatic carbocycles. The monoisotopic (exact) mass is 328 g/mol. The molecule has 0 bridgehead atoms. The summed E-state index contributed by atoms with van der Waals surface area (Å²) in [6, 6.07) is 3.72. The number of hydrogen-bond donors (Lipinski definition) is 2. The van der Waals surface area contributed by atoms with Crippen LogP contribution in [0.25, 0.3) is 5.69 Å². The Hall–Kier alpha value is -3.07. The Balaban J connectivity index is 1.92. The predicted octanol–water partition coefficient (Wildman–Crippen LogP) is -0.0640. The van der Waals surface area contributed by atoms with Crippen molar-refractivity contribution >= 4 is 17.5 Å². The first-order valence-electron chi connectivity index (χ1n) is 7.31. The van der Waals surface area contributed by atoms with Gasteiger partial charge in [0, 0.05) is 11.8 Å². The number of aliphatic hydroxyl groups excluding tert-OH is 1. The van der Waals surface area contributed by atoms with Crippen LogP contribution in [0, 0.1) is 13.8 Å². The minimum absolute atomic E-state index is 0.0258. The molecule has 2 heterocycles. The second kappa shape index (κ2) is 6.20. The lowest BCUT2D eigenvalue weighted by Crippen LogP contribution is -2.34. The molecule has 0 saturated carbocycles. The van der Waals surface area contributed by atoms with Crippen LogP contribution in [0.5, 0.6) is 0 Å². The van der Waals surface area contributed by atoms with Crippen LogP contribution in [0.1, 0.15) is 11.1 Å². The molecule has 0 saturated heterocycles. The molecular weight excluding hydrogens is 312 g/mol.